The van der Waals surface area contributed by atoms with E-state index in [1.807, 2.05) is 24.3 Å². The molecule has 1 heterocycles. The first-order valence-corrected chi connectivity index (χ1v) is 15.4. The summed E-state index contributed by atoms with van der Waals surface area (Å²) >= 11 is 0. The van der Waals surface area contributed by atoms with Crippen molar-refractivity contribution in [1.29, 1.82) is 0 Å². The van der Waals surface area contributed by atoms with Crippen molar-refractivity contribution in [2.45, 2.75) is 19.3 Å². The summed E-state index contributed by atoms with van der Waals surface area (Å²) < 4.78 is 11.1. The zero-order chi connectivity index (χ0) is 30.5. The molecule has 1 aromatic heterocycles. The maximum absolute atomic E-state index is 11.0. The minimum atomic E-state index is 0.0873. The Morgan fingerprint density at radius 1 is 0.800 bits per heavy atom. The number of ether oxygens (including phenoxy) is 2. The summed E-state index contributed by atoms with van der Waals surface area (Å²) in [5.74, 6) is 2.15. The SMILES string of the molecule is COc1ccc(-c2nc(C3=CC=CCC3)cc(C3=CC=C4C=CC5=C6C(=CC=C3C46)CC=C5c3ccccc3OC)n2)c(O)c1. The molecule has 0 saturated heterocycles. The van der Waals surface area contributed by atoms with Crippen LogP contribution in [0.15, 0.2) is 137 Å². The molecule has 8 rings (SSSR count). The fourth-order valence-electron chi connectivity index (χ4n) is 7.03. The van der Waals surface area contributed by atoms with Gasteiger partial charge in [-0.25, -0.2) is 9.97 Å². The number of hydrogen-bond acceptors (Lipinski definition) is 5. The molecule has 0 bridgehead atoms. The Balaban J connectivity index is 1.27. The third-order valence-electron chi connectivity index (χ3n) is 9.23. The van der Waals surface area contributed by atoms with Crippen molar-refractivity contribution in [3.8, 4) is 28.6 Å². The standard InChI is InChI=1S/C40H32N2O3/c1-44-27-16-21-33(36(43)22-27)40-41-34(24-8-4-3-5-9-24)23-35(42-40)29-18-13-26-14-19-31-28(30-10-6-7-11-37(30)45-2)17-12-25-15-20-32(29)39(26)38(25)31/h3-4,6-8,10-11,13-23,39,43H,5,9,12H2,1-2H3. The van der Waals surface area contributed by atoms with E-state index in [1.54, 1.807) is 20.3 Å². The number of rotatable bonds is 6. The van der Waals surface area contributed by atoms with E-state index in [0.717, 1.165) is 53.1 Å². The summed E-state index contributed by atoms with van der Waals surface area (Å²) in [5.41, 5.74) is 13.3. The topological polar surface area (TPSA) is 64.5 Å². The number of benzene rings is 2. The number of phenolic OH excluding ortho intramolecular Hbond substituents is 1. The van der Waals surface area contributed by atoms with Crippen LogP contribution in [-0.4, -0.2) is 29.3 Å². The number of aromatic hydroxyl groups is 1. The molecule has 220 valence electrons. The van der Waals surface area contributed by atoms with E-state index in [0.29, 0.717) is 17.1 Å². The maximum Gasteiger partial charge on any atom is 0.164 e. The number of para-hydroxylation sites is 1. The normalized spacial score (nSPS) is 19.5. The van der Waals surface area contributed by atoms with Crippen molar-refractivity contribution in [2.75, 3.05) is 14.2 Å². The summed E-state index contributed by atoms with van der Waals surface area (Å²) in [6.07, 6.45) is 25.0. The summed E-state index contributed by atoms with van der Waals surface area (Å²) in [5, 5.41) is 11.0. The molecule has 5 aliphatic carbocycles. The summed E-state index contributed by atoms with van der Waals surface area (Å²) in [6, 6.07) is 15.6. The minimum Gasteiger partial charge on any atom is -0.507 e. The van der Waals surface area contributed by atoms with Gasteiger partial charge >= 0.3 is 0 Å². The predicted octanol–water partition coefficient (Wildman–Crippen LogP) is 8.76. The van der Waals surface area contributed by atoms with Gasteiger partial charge in [0.2, 0.25) is 0 Å². The van der Waals surface area contributed by atoms with Crippen molar-refractivity contribution in [3.05, 3.63) is 154 Å². The fraction of sp³-hybridized carbons (Fsp3) is 0.150. The first kappa shape index (κ1) is 27.2. The molecule has 0 saturated carbocycles. The van der Waals surface area contributed by atoms with Gasteiger partial charge in [-0.05, 0) is 82.5 Å². The highest BCUT2D eigenvalue weighted by Crippen LogP contribution is 2.53. The Morgan fingerprint density at radius 3 is 2.51 bits per heavy atom. The number of phenols is 1. The van der Waals surface area contributed by atoms with Gasteiger partial charge in [-0.15, -0.1) is 0 Å². The molecule has 0 radical (unpaired) electrons. The van der Waals surface area contributed by atoms with Crippen LogP contribution in [0.1, 0.15) is 36.2 Å². The van der Waals surface area contributed by atoms with Gasteiger partial charge in [-0.3, -0.25) is 0 Å². The van der Waals surface area contributed by atoms with Crippen molar-refractivity contribution in [3.63, 3.8) is 0 Å². The van der Waals surface area contributed by atoms with E-state index in [9.17, 15) is 5.11 Å². The lowest BCUT2D eigenvalue weighted by Crippen LogP contribution is -2.23. The third-order valence-corrected chi connectivity index (χ3v) is 9.23. The first-order valence-electron chi connectivity index (χ1n) is 15.4. The lowest BCUT2D eigenvalue weighted by molar-refractivity contribution is 0.408. The second kappa shape index (κ2) is 10.9. The van der Waals surface area contributed by atoms with E-state index >= 15 is 0 Å². The molecule has 0 aliphatic heterocycles. The van der Waals surface area contributed by atoms with Crippen molar-refractivity contribution >= 4 is 16.7 Å². The summed E-state index contributed by atoms with van der Waals surface area (Å²) in [4.78, 5) is 10.1. The van der Waals surface area contributed by atoms with Gasteiger partial charge in [-0.2, -0.15) is 0 Å². The number of nitrogens with zero attached hydrogens (tertiary/aromatic N) is 2. The van der Waals surface area contributed by atoms with Crippen LogP contribution in [0.25, 0.3) is 28.1 Å². The molecule has 5 nitrogen and oxygen atoms in total. The van der Waals surface area contributed by atoms with Crippen LogP contribution in [0.4, 0.5) is 0 Å². The Labute approximate surface area is 263 Å². The van der Waals surface area contributed by atoms with Crippen LogP contribution in [0, 0.1) is 5.92 Å². The molecular formula is C40H32N2O3. The van der Waals surface area contributed by atoms with Crippen LogP contribution in [-0.2, 0) is 0 Å². The minimum absolute atomic E-state index is 0.0873. The second-order valence-corrected chi connectivity index (χ2v) is 11.7. The molecule has 0 amide bonds. The average Bonchev–Trinajstić information content (AvgIpc) is 3.10. The lowest BCUT2D eigenvalue weighted by Gasteiger charge is -2.38. The highest BCUT2D eigenvalue weighted by Gasteiger charge is 2.37. The monoisotopic (exact) mass is 588 g/mol. The molecule has 3 aromatic rings. The Hall–Kier alpha value is -5.42. The third kappa shape index (κ3) is 4.54. The van der Waals surface area contributed by atoms with E-state index < -0.39 is 0 Å². The van der Waals surface area contributed by atoms with Gasteiger partial charge < -0.3 is 14.6 Å². The molecule has 0 spiro atoms. The molecule has 5 heteroatoms. The first-order chi connectivity index (χ1) is 22.1. The molecular weight excluding hydrogens is 556 g/mol. The molecule has 0 fully saturated rings. The molecule has 1 unspecified atom stereocenters. The van der Waals surface area contributed by atoms with Crippen molar-refractivity contribution < 1.29 is 14.6 Å². The van der Waals surface area contributed by atoms with Gasteiger partial charge in [0.1, 0.15) is 17.2 Å². The zero-order valence-corrected chi connectivity index (χ0v) is 25.2. The predicted molar refractivity (Wildman–Crippen MR) is 180 cm³/mol. The number of allylic oxidation sites excluding steroid dienone is 18. The van der Waals surface area contributed by atoms with E-state index in [1.165, 1.54) is 33.4 Å². The van der Waals surface area contributed by atoms with E-state index in [-0.39, 0.29) is 11.7 Å². The highest BCUT2D eigenvalue weighted by atomic mass is 16.5. The second-order valence-electron chi connectivity index (χ2n) is 11.7. The fourth-order valence-corrected chi connectivity index (χ4v) is 7.03. The van der Waals surface area contributed by atoms with Crippen LogP contribution in [0.2, 0.25) is 0 Å². The van der Waals surface area contributed by atoms with Crippen molar-refractivity contribution in [2.24, 2.45) is 5.92 Å². The smallest absolute Gasteiger partial charge is 0.164 e. The van der Waals surface area contributed by atoms with Crippen LogP contribution < -0.4 is 9.47 Å². The Morgan fingerprint density at radius 2 is 1.69 bits per heavy atom. The highest BCUT2D eigenvalue weighted by molar-refractivity contribution is 5.93. The average molecular weight is 589 g/mol. The molecule has 5 aliphatic rings. The molecule has 45 heavy (non-hydrogen) atoms. The molecule has 1 atom stereocenters. The van der Waals surface area contributed by atoms with Crippen molar-refractivity contribution in [1.82, 2.24) is 9.97 Å². The number of hydrogen-bond donors (Lipinski definition) is 1. The van der Waals surface area contributed by atoms with E-state index in [4.69, 9.17) is 19.4 Å². The van der Waals surface area contributed by atoms with Gasteiger partial charge in [0.05, 0.1) is 31.2 Å². The molecule has 2 aromatic carbocycles. The van der Waals surface area contributed by atoms with Crippen LogP contribution in [0.5, 0.6) is 17.2 Å². The van der Waals surface area contributed by atoms with Crippen LogP contribution >= 0.6 is 0 Å². The van der Waals surface area contributed by atoms with Gasteiger partial charge in [0, 0.05) is 23.1 Å². The quantitative estimate of drug-likeness (QED) is 0.312. The van der Waals surface area contributed by atoms with Gasteiger partial charge in [0.25, 0.3) is 0 Å². The largest absolute Gasteiger partial charge is 0.507 e. The van der Waals surface area contributed by atoms with Gasteiger partial charge in [0.15, 0.2) is 5.82 Å². The number of methoxy groups -OCH3 is 2. The molecule has 1 N–H and O–H groups in total. The Kier molecular flexibility index (Phi) is 6.60. The van der Waals surface area contributed by atoms with E-state index in [2.05, 4.69) is 79.0 Å². The number of aromatic nitrogens is 2. The summed E-state index contributed by atoms with van der Waals surface area (Å²) in [7, 11) is 3.32. The van der Waals surface area contributed by atoms with Crippen LogP contribution in [0.3, 0.4) is 0 Å². The Bertz CT molecular complexity index is 2060. The zero-order valence-electron chi connectivity index (χ0n) is 25.2. The summed E-state index contributed by atoms with van der Waals surface area (Å²) in [6.45, 7) is 0. The van der Waals surface area contributed by atoms with Gasteiger partial charge in [-0.1, -0.05) is 79.0 Å². The maximum atomic E-state index is 11.0. The lowest BCUT2D eigenvalue weighted by atomic mass is 9.65.